The van der Waals surface area contributed by atoms with Crippen molar-refractivity contribution >= 4 is 23.4 Å². The standard InChI is InChI=1S/C14H9ClFNO2/c15-12-8-4-7-11(14(12)16)9-13(17(18)19)10-5-2-1-3-6-10/h1-9H/b13-9+. The first-order valence-corrected chi connectivity index (χ1v) is 5.83. The maximum absolute atomic E-state index is 13.7. The van der Waals surface area contributed by atoms with Crippen LogP contribution in [0.1, 0.15) is 11.1 Å². The zero-order chi connectivity index (χ0) is 13.8. The van der Waals surface area contributed by atoms with Crippen molar-refractivity contribution in [1.29, 1.82) is 0 Å². The molecule has 19 heavy (non-hydrogen) atoms. The molecule has 0 aromatic heterocycles. The lowest BCUT2D eigenvalue weighted by atomic mass is 10.1. The lowest BCUT2D eigenvalue weighted by Crippen LogP contribution is -1.98. The topological polar surface area (TPSA) is 43.1 Å². The number of halogens is 2. The molecule has 2 rings (SSSR count). The van der Waals surface area contributed by atoms with E-state index in [0.717, 1.165) is 0 Å². The highest BCUT2D eigenvalue weighted by Crippen LogP contribution is 2.23. The van der Waals surface area contributed by atoms with Crippen LogP contribution in [0.3, 0.4) is 0 Å². The van der Waals surface area contributed by atoms with Gasteiger partial charge in [-0.15, -0.1) is 0 Å². The number of nitrogens with zero attached hydrogens (tertiary/aromatic N) is 1. The Hall–Kier alpha value is -2.20. The third-order valence-corrected chi connectivity index (χ3v) is 2.83. The van der Waals surface area contributed by atoms with Gasteiger partial charge in [0.25, 0.3) is 5.70 Å². The molecule has 0 aliphatic heterocycles. The van der Waals surface area contributed by atoms with E-state index < -0.39 is 10.7 Å². The molecule has 0 saturated carbocycles. The summed E-state index contributed by atoms with van der Waals surface area (Å²) >= 11 is 5.65. The molecule has 3 nitrogen and oxygen atoms in total. The Balaban J connectivity index is 2.54. The van der Waals surface area contributed by atoms with Crippen LogP contribution in [0.5, 0.6) is 0 Å². The normalized spacial score (nSPS) is 11.4. The SMILES string of the molecule is O=[N+]([O-])/C(=C/c1cccc(Cl)c1F)c1ccccc1. The minimum Gasteiger partial charge on any atom is -0.258 e. The summed E-state index contributed by atoms with van der Waals surface area (Å²) in [6, 6.07) is 12.7. The van der Waals surface area contributed by atoms with Crippen molar-refractivity contribution in [3.63, 3.8) is 0 Å². The maximum Gasteiger partial charge on any atom is 0.277 e. The molecule has 0 amide bonds. The first kappa shape index (κ1) is 13.2. The number of rotatable bonds is 3. The summed E-state index contributed by atoms with van der Waals surface area (Å²) in [5, 5.41) is 11.0. The molecule has 0 bridgehead atoms. The second kappa shape index (κ2) is 5.63. The summed E-state index contributed by atoms with van der Waals surface area (Å²) in [7, 11) is 0. The van der Waals surface area contributed by atoms with E-state index in [-0.39, 0.29) is 16.3 Å². The van der Waals surface area contributed by atoms with Crippen molar-refractivity contribution in [3.8, 4) is 0 Å². The van der Waals surface area contributed by atoms with Crippen molar-refractivity contribution in [2.45, 2.75) is 0 Å². The highest BCUT2D eigenvalue weighted by Gasteiger charge is 2.15. The molecule has 0 spiro atoms. The van der Waals surface area contributed by atoms with Crippen molar-refractivity contribution in [2.24, 2.45) is 0 Å². The van der Waals surface area contributed by atoms with Crippen LogP contribution in [0.2, 0.25) is 5.02 Å². The third kappa shape index (κ3) is 2.98. The predicted molar refractivity (Wildman–Crippen MR) is 72.7 cm³/mol. The van der Waals surface area contributed by atoms with Crippen LogP contribution in [0.15, 0.2) is 48.5 Å². The number of hydrogen-bond acceptors (Lipinski definition) is 2. The van der Waals surface area contributed by atoms with Crippen molar-refractivity contribution in [3.05, 3.63) is 80.6 Å². The van der Waals surface area contributed by atoms with Crippen molar-refractivity contribution in [2.75, 3.05) is 0 Å². The van der Waals surface area contributed by atoms with E-state index in [2.05, 4.69) is 0 Å². The van der Waals surface area contributed by atoms with E-state index in [1.54, 1.807) is 36.4 Å². The molecule has 0 aliphatic carbocycles. The van der Waals surface area contributed by atoms with Gasteiger partial charge in [0.05, 0.1) is 15.5 Å². The van der Waals surface area contributed by atoms with Crippen LogP contribution in [0.25, 0.3) is 11.8 Å². The summed E-state index contributed by atoms with van der Waals surface area (Å²) in [5.41, 5.74) is 0.316. The number of hydrogen-bond donors (Lipinski definition) is 0. The molecule has 2 aromatic carbocycles. The van der Waals surface area contributed by atoms with Crippen molar-refractivity contribution < 1.29 is 9.31 Å². The fourth-order valence-corrected chi connectivity index (χ4v) is 1.81. The summed E-state index contributed by atoms with van der Waals surface area (Å²) in [6.07, 6.45) is 1.18. The van der Waals surface area contributed by atoms with Crippen LogP contribution in [-0.2, 0) is 0 Å². The zero-order valence-corrected chi connectivity index (χ0v) is 10.5. The van der Waals surface area contributed by atoms with Crippen LogP contribution in [0, 0.1) is 15.9 Å². The Morgan fingerprint density at radius 3 is 2.47 bits per heavy atom. The summed E-state index contributed by atoms with van der Waals surface area (Å²) in [6.45, 7) is 0. The second-order valence-corrected chi connectivity index (χ2v) is 4.20. The third-order valence-electron chi connectivity index (χ3n) is 2.54. The molecule has 2 aromatic rings. The van der Waals surface area contributed by atoms with Gasteiger partial charge in [-0.25, -0.2) is 4.39 Å². The van der Waals surface area contributed by atoms with Crippen LogP contribution in [0.4, 0.5) is 4.39 Å². The average Bonchev–Trinajstić information content (AvgIpc) is 2.41. The Bertz CT molecular complexity index is 641. The van der Waals surface area contributed by atoms with Gasteiger partial charge in [0.15, 0.2) is 0 Å². The van der Waals surface area contributed by atoms with E-state index >= 15 is 0 Å². The zero-order valence-electron chi connectivity index (χ0n) is 9.72. The molecule has 0 atom stereocenters. The lowest BCUT2D eigenvalue weighted by Gasteiger charge is -2.01. The maximum atomic E-state index is 13.7. The number of benzene rings is 2. The summed E-state index contributed by atoms with van der Waals surface area (Å²) < 4.78 is 13.7. The summed E-state index contributed by atoms with van der Waals surface area (Å²) in [5.74, 6) is -0.667. The van der Waals surface area contributed by atoms with Crippen LogP contribution < -0.4 is 0 Å². The number of nitro groups is 1. The first-order chi connectivity index (χ1) is 9.09. The molecule has 0 heterocycles. The largest absolute Gasteiger partial charge is 0.277 e. The molecule has 0 saturated heterocycles. The van der Waals surface area contributed by atoms with Gasteiger partial charge in [-0.3, -0.25) is 10.1 Å². The van der Waals surface area contributed by atoms with Gasteiger partial charge in [0.2, 0.25) is 0 Å². The van der Waals surface area contributed by atoms with Crippen LogP contribution in [-0.4, -0.2) is 4.92 Å². The molecular weight excluding hydrogens is 269 g/mol. The second-order valence-electron chi connectivity index (χ2n) is 3.80. The van der Waals surface area contributed by atoms with Gasteiger partial charge in [-0.2, -0.15) is 0 Å². The monoisotopic (exact) mass is 277 g/mol. The molecule has 0 fully saturated rings. The van der Waals surface area contributed by atoms with E-state index in [4.69, 9.17) is 11.6 Å². The first-order valence-electron chi connectivity index (χ1n) is 5.45. The van der Waals surface area contributed by atoms with Gasteiger partial charge in [-0.05, 0) is 18.2 Å². The highest BCUT2D eigenvalue weighted by atomic mass is 35.5. The van der Waals surface area contributed by atoms with Crippen molar-refractivity contribution in [1.82, 2.24) is 0 Å². The van der Waals surface area contributed by atoms with Gasteiger partial charge < -0.3 is 0 Å². The van der Waals surface area contributed by atoms with Gasteiger partial charge in [-0.1, -0.05) is 41.9 Å². The Morgan fingerprint density at radius 1 is 1.16 bits per heavy atom. The van der Waals surface area contributed by atoms with Crippen LogP contribution >= 0.6 is 11.6 Å². The molecule has 0 radical (unpaired) electrons. The fourth-order valence-electron chi connectivity index (χ4n) is 1.63. The predicted octanol–water partition coefficient (Wildman–Crippen LogP) is 4.25. The summed E-state index contributed by atoms with van der Waals surface area (Å²) in [4.78, 5) is 10.5. The molecule has 0 aliphatic rings. The van der Waals surface area contributed by atoms with E-state index in [0.29, 0.717) is 5.56 Å². The van der Waals surface area contributed by atoms with Gasteiger partial charge >= 0.3 is 0 Å². The lowest BCUT2D eigenvalue weighted by molar-refractivity contribution is -0.374. The van der Waals surface area contributed by atoms with E-state index in [9.17, 15) is 14.5 Å². The van der Waals surface area contributed by atoms with E-state index in [1.165, 1.54) is 18.2 Å². The Morgan fingerprint density at radius 2 is 1.84 bits per heavy atom. The van der Waals surface area contributed by atoms with E-state index in [1.807, 2.05) is 0 Å². The minimum atomic E-state index is -0.667. The quantitative estimate of drug-likeness (QED) is 0.478. The average molecular weight is 278 g/mol. The highest BCUT2D eigenvalue weighted by molar-refractivity contribution is 6.30. The van der Waals surface area contributed by atoms with Gasteiger partial charge in [0.1, 0.15) is 5.82 Å². The Labute approximate surface area is 114 Å². The molecule has 0 unspecified atom stereocenters. The molecule has 96 valence electrons. The molecular formula is C14H9ClFNO2. The molecule has 5 heteroatoms. The Kier molecular flexibility index (Phi) is 3.92. The fraction of sp³-hybridized carbons (Fsp3) is 0. The van der Waals surface area contributed by atoms with Gasteiger partial charge in [0, 0.05) is 11.6 Å². The minimum absolute atomic E-state index is 0.0653. The molecule has 0 N–H and O–H groups in total. The smallest absolute Gasteiger partial charge is 0.258 e.